The maximum atomic E-state index is 12.6. The third kappa shape index (κ3) is 3.14. The zero-order chi connectivity index (χ0) is 18.3. The number of nitrogens with zero attached hydrogens (tertiary/aromatic N) is 2. The van der Waals surface area contributed by atoms with E-state index in [1.165, 1.54) is 10.9 Å². The first-order valence-electron chi connectivity index (χ1n) is 8.38. The summed E-state index contributed by atoms with van der Waals surface area (Å²) in [6, 6.07) is 4.98. The molecule has 0 radical (unpaired) electrons. The summed E-state index contributed by atoms with van der Waals surface area (Å²) in [5.41, 5.74) is 1.46. The van der Waals surface area contributed by atoms with Gasteiger partial charge in [0.15, 0.2) is 21.3 Å². The molecule has 2 aliphatic rings. The number of nitrogens with one attached hydrogen (secondary N) is 1. The van der Waals surface area contributed by atoms with E-state index in [2.05, 4.69) is 10.1 Å². The summed E-state index contributed by atoms with van der Waals surface area (Å²) >= 11 is 0. The van der Waals surface area contributed by atoms with Gasteiger partial charge < -0.3 is 9.47 Å². The number of aliphatic imine (C=N–C) groups is 1. The van der Waals surface area contributed by atoms with Crippen molar-refractivity contribution in [3.63, 3.8) is 0 Å². The van der Waals surface area contributed by atoms with Crippen LogP contribution in [-0.2, 0) is 9.84 Å². The van der Waals surface area contributed by atoms with Crippen LogP contribution in [0.2, 0.25) is 0 Å². The normalized spacial score (nSPS) is 21.3. The maximum Gasteiger partial charge on any atom is 0.275 e. The summed E-state index contributed by atoms with van der Waals surface area (Å²) in [6.07, 6.45) is 1.94. The number of aromatic amines is 1. The number of rotatable bonds is 3. The van der Waals surface area contributed by atoms with Crippen molar-refractivity contribution < 1.29 is 17.9 Å². The Morgan fingerprint density at radius 2 is 2.04 bits per heavy atom. The molecule has 1 fully saturated rings. The van der Waals surface area contributed by atoms with E-state index < -0.39 is 9.84 Å². The minimum atomic E-state index is -3.07. The molecule has 1 saturated heterocycles. The SMILES string of the molecule is Cc1[nH]n(C2CCS(=O)(=O)C2)c(=O)c1C=Nc1ccc2c(c1)OCCO2. The molecule has 1 unspecified atom stereocenters. The molecule has 9 heteroatoms. The second-order valence-electron chi connectivity index (χ2n) is 6.47. The van der Waals surface area contributed by atoms with Gasteiger partial charge in [-0.05, 0) is 25.5 Å². The average Bonchev–Trinajstić information content (AvgIpc) is 3.12. The number of aryl methyl sites for hydroxylation is 1. The summed E-state index contributed by atoms with van der Waals surface area (Å²) in [4.78, 5) is 17.0. The van der Waals surface area contributed by atoms with Crippen LogP contribution in [0.4, 0.5) is 5.69 Å². The van der Waals surface area contributed by atoms with Gasteiger partial charge in [-0.1, -0.05) is 0 Å². The molecule has 0 bridgehead atoms. The van der Waals surface area contributed by atoms with Gasteiger partial charge in [0.2, 0.25) is 0 Å². The Kier molecular flexibility index (Phi) is 4.10. The molecular weight excluding hydrogens is 358 g/mol. The molecule has 8 nitrogen and oxygen atoms in total. The predicted octanol–water partition coefficient (Wildman–Crippen LogP) is 1.37. The summed E-state index contributed by atoms with van der Waals surface area (Å²) in [5, 5.41) is 2.98. The zero-order valence-corrected chi connectivity index (χ0v) is 15.1. The molecular formula is C17H19N3O5S. The van der Waals surface area contributed by atoms with Crippen LogP contribution in [0.3, 0.4) is 0 Å². The number of hydrogen-bond donors (Lipinski definition) is 1. The van der Waals surface area contributed by atoms with Gasteiger partial charge in [-0.2, -0.15) is 0 Å². The van der Waals surface area contributed by atoms with E-state index >= 15 is 0 Å². The van der Waals surface area contributed by atoms with Gasteiger partial charge in [-0.3, -0.25) is 14.9 Å². The molecule has 2 aliphatic heterocycles. The highest BCUT2D eigenvalue weighted by molar-refractivity contribution is 7.91. The Labute approximate surface area is 150 Å². The number of ether oxygens (including phenoxy) is 2. The van der Waals surface area contributed by atoms with Gasteiger partial charge in [0.25, 0.3) is 5.56 Å². The van der Waals surface area contributed by atoms with Crippen molar-refractivity contribution >= 4 is 21.7 Å². The van der Waals surface area contributed by atoms with Crippen LogP contribution in [0.1, 0.15) is 23.7 Å². The molecule has 0 aliphatic carbocycles. The molecule has 0 saturated carbocycles. The highest BCUT2D eigenvalue weighted by Crippen LogP contribution is 2.33. The smallest absolute Gasteiger partial charge is 0.275 e. The molecule has 1 aromatic carbocycles. The third-order valence-electron chi connectivity index (χ3n) is 4.58. The zero-order valence-electron chi connectivity index (χ0n) is 14.3. The third-order valence-corrected chi connectivity index (χ3v) is 6.33. The molecule has 26 heavy (non-hydrogen) atoms. The molecule has 0 amide bonds. The fourth-order valence-corrected chi connectivity index (χ4v) is 4.92. The van der Waals surface area contributed by atoms with E-state index in [0.717, 1.165) is 0 Å². The highest BCUT2D eigenvalue weighted by Gasteiger charge is 2.31. The van der Waals surface area contributed by atoms with Crippen molar-refractivity contribution in [1.29, 1.82) is 0 Å². The Morgan fingerprint density at radius 1 is 1.27 bits per heavy atom. The van der Waals surface area contributed by atoms with Crippen molar-refractivity contribution in [1.82, 2.24) is 9.78 Å². The predicted molar refractivity (Wildman–Crippen MR) is 96.8 cm³/mol. The molecule has 1 aromatic heterocycles. The van der Waals surface area contributed by atoms with Crippen molar-refractivity contribution in [2.45, 2.75) is 19.4 Å². The topological polar surface area (TPSA) is 103 Å². The van der Waals surface area contributed by atoms with Gasteiger partial charge in [-0.25, -0.2) is 13.1 Å². The van der Waals surface area contributed by atoms with E-state index in [0.29, 0.717) is 48.1 Å². The van der Waals surface area contributed by atoms with Crippen molar-refractivity contribution in [3.8, 4) is 11.5 Å². The minimum absolute atomic E-state index is 0.00833. The second kappa shape index (κ2) is 6.31. The fourth-order valence-electron chi connectivity index (χ4n) is 3.22. The number of sulfone groups is 1. The van der Waals surface area contributed by atoms with E-state index in [9.17, 15) is 13.2 Å². The standard InChI is InChI=1S/C17H19N3O5S/c1-11-14(17(21)20(19-11)13-4-7-26(22,23)10-13)9-18-12-2-3-15-16(8-12)25-6-5-24-15/h2-3,8-9,13,19H,4-7,10H2,1H3. The summed E-state index contributed by atoms with van der Waals surface area (Å²) in [6.45, 7) is 2.78. The van der Waals surface area contributed by atoms with Crippen LogP contribution in [0.5, 0.6) is 11.5 Å². The lowest BCUT2D eigenvalue weighted by Gasteiger charge is -2.18. The van der Waals surface area contributed by atoms with Crippen LogP contribution < -0.4 is 15.0 Å². The lowest BCUT2D eigenvalue weighted by molar-refractivity contribution is 0.171. The molecule has 1 N–H and O–H groups in total. The molecule has 4 rings (SSSR count). The van der Waals surface area contributed by atoms with Gasteiger partial charge in [0.1, 0.15) is 13.2 Å². The van der Waals surface area contributed by atoms with Crippen molar-refractivity contribution in [2.24, 2.45) is 4.99 Å². The number of H-pyrrole nitrogens is 1. The molecule has 3 heterocycles. The average molecular weight is 377 g/mol. The monoisotopic (exact) mass is 377 g/mol. The number of hydrogen-bond acceptors (Lipinski definition) is 6. The quantitative estimate of drug-likeness (QED) is 0.814. The van der Waals surface area contributed by atoms with Crippen LogP contribution >= 0.6 is 0 Å². The lowest BCUT2D eigenvalue weighted by atomic mass is 10.2. The van der Waals surface area contributed by atoms with Gasteiger partial charge in [0.05, 0.1) is 28.8 Å². The first-order chi connectivity index (χ1) is 12.4. The summed E-state index contributed by atoms with van der Waals surface area (Å²) in [7, 11) is -3.07. The lowest BCUT2D eigenvalue weighted by Crippen LogP contribution is -2.25. The van der Waals surface area contributed by atoms with E-state index in [1.54, 1.807) is 25.1 Å². The number of benzene rings is 1. The largest absolute Gasteiger partial charge is 0.486 e. The minimum Gasteiger partial charge on any atom is -0.486 e. The van der Waals surface area contributed by atoms with Crippen LogP contribution in [0, 0.1) is 6.92 Å². The van der Waals surface area contributed by atoms with Crippen molar-refractivity contribution in [2.75, 3.05) is 24.7 Å². The van der Waals surface area contributed by atoms with Crippen LogP contribution in [0.25, 0.3) is 0 Å². The summed E-state index contributed by atoms with van der Waals surface area (Å²) in [5.74, 6) is 1.41. The Morgan fingerprint density at radius 3 is 2.77 bits per heavy atom. The number of aromatic nitrogens is 2. The van der Waals surface area contributed by atoms with Gasteiger partial charge >= 0.3 is 0 Å². The summed E-state index contributed by atoms with van der Waals surface area (Å²) < 4.78 is 35.7. The first kappa shape index (κ1) is 16.9. The van der Waals surface area contributed by atoms with Gasteiger partial charge in [0, 0.05) is 18.0 Å². The highest BCUT2D eigenvalue weighted by atomic mass is 32.2. The second-order valence-corrected chi connectivity index (χ2v) is 8.70. The Bertz CT molecular complexity index is 1040. The Hall–Kier alpha value is -2.55. The maximum absolute atomic E-state index is 12.6. The van der Waals surface area contributed by atoms with Crippen molar-refractivity contribution in [3.05, 3.63) is 39.8 Å². The molecule has 138 valence electrons. The van der Waals surface area contributed by atoms with E-state index in [-0.39, 0.29) is 23.1 Å². The molecule has 1 atom stereocenters. The number of fused-ring (bicyclic) bond motifs is 1. The first-order valence-corrected chi connectivity index (χ1v) is 10.2. The van der Waals surface area contributed by atoms with E-state index in [4.69, 9.17) is 9.47 Å². The van der Waals surface area contributed by atoms with Crippen LogP contribution in [-0.4, -0.2) is 49.1 Å². The van der Waals surface area contributed by atoms with E-state index in [1.807, 2.05) is 0 Å². The fraction of sp³-hybridized carbons (Fsp3) is 0.412. The molecule has 2 aromatic rings. The van der Waals surface area contributed by atoms with Gasteiger partial charge in [-0.15, -0.1) is 0 Å². The van der Waals surface area contributed by atoms with Crippen LogP contribution in [0.15, 0.2) is 28.0 Å². The molecule has 0 spiro atoms. The Balaban J connectivity index is 1.61.